The number of hydrogen-bond acceptors (Lipinski definition) is 3. The van der Waals surface area contributed by atoms with Gasteiger partial charge in [-0.05, 0) is 49.5 Å². The van der Waals surface area contributed by atoms with Gasteiger partial charge in [-0.3, -0.25) is 4.79 Å². The fourth-order valence-electron chi connectivity index (χ4n) is 4.67. The highest BCUT2D eigenvalue weighted by atomic mass is 16.6. The SMILES string of the molecule is CCCOC(=O)N1CCC2(CC1)C[C@@H](c1ccccc1)C(=O)N(C1CC1)C2. The summed E-state index contributed by atoms with van der Waals surface area (Å²) in [7, 11) is 0. The van der Waals surface area contributed by atoms with E-state index in [2.05, 4.69) is 17.0 Å². The number of benzene rings is 1. The lowest BCUT2D eigenvalue weighted by molar-refractivity contribution is -0.142. The Morgan fingerprint density at radius 2 is 1.89 bits per heavy atom. The molecular weight excluding hydrogens is 340 g/mol. The molecule has 1 aliphatic carbocycles. The van der Waals surface area contributed by atoms with Gasteiger partial charge in [0.05, 0.1) is 12.5 Å². The number of nitrogens with zero attached hydrogens (tertiary/aromatic N) is 2. The van der Waals surface area contributed by atoms with Gasteiger partial charge in [-0.15, -0.1) is 0 Å². The largest absolute Gasteiger partial charge is 0.449 e. The predicted molar refractivity (Wildman–Crippen MR) is 103 cm³/mol. The second-order valence-corrected chi connectivity index (χ2v) is 8.47. The molecule has 1 spiro atoms. The summed E-state index contributed by atoms with van der Waals surface area (Å²) >= 11 is 0. The molecule has 1 saturated carbocycles. The number of hydrogen-bond donors (Lipinski definition) is 0. The molecule has 0 aromatic heterocycles. The molecule has 1 aromatic carbocycles. The summed E-state index contributed by atoms with van der Waals surface area (Å²) in [5, 5.41) is 0. The molecule has 2 saturated heterocycles. The van der Waals surface area contributed by atoms with Gasteiger partial charge in [0.15, 0.2) is 0 Å². The first-order valence-corrected chi connectivity index (χ1v) is 10.4. The van der Waals surface area contributed by atoms with Gasteiger partial charge in [-0.2, -0.15) is 0 Å². The molecule has 3 aliphatic rings. The quantitative estimate of drug-likeness (QED) is 0.810. The summed E-state index contributed by atoms with van der Waals surface area (Å²) < 4.78 is 5.31. The number of likely N-dealkylation sites (tertiary alicyclic amines) is 2. The van der Waals surface area contributed by atoms with Crippen molar-refractivity contribution in [2.24, 2.45) is 5.41 Å². The zero-order chi connectivity index (χ0) is 18.9. The van der Waals surface area contributed by atoms with Crippen molar-refractivity contribution in [1.29, 1.82) is 0 Å². The lowest BCUT2D eigenvalue weighted by Crippen LogP contribution is -2.55. The monoisotopic (exact) mass is 370 g/mol. The number of carbonyl (C=O) groups excluding carboxylic acids is 2. The van der Waals surface area contributed by atoms with Crippen LogP contribution >= 0.6 is 0 Å². The fourth-order valence-corrected chi connectivity index (χ4v) is 4.67. The van der Waals surface area contributed by atoms with Gasteiger partial charge in [0, 0.05) is 25.7 Å². The molecule has 1 atom stereocenters. The van der Waals surface area contributed by atoms with Gasteiger partial charge in [-0.1, -0.05) is 37.3 Å². The molecule has 27 heavy (non-hydrogen) atoms. The van der Waals surface area contributed by atoms with Crippen LogP contribution in [-0.2, 0) is 9.53 Å². The van der Waals surface area contributed by atoms with E-state index in [1.54, 1.807) is 0 Å². The van der Waals surface area contributed by atoms with Gasteiger partial charge in [-0.25, -0.2) is 4.79 Å². The molecule has 0 bridgehead atoms. The van der Waals surface area contributed by atoms with Crippen LogP contribution in [0.3, 0.4) is 0 Å². The molecule has 1 aromatic rings. The van der Waals surface area contributed by atoms with Crippen LogP contribution in [0.2, 0.25) is 0 Å². The van der Waals surface area contributed by atoms with Crippen LogP contribution in [0.25, 0.3) is 0 Å². The zero-order valence-corrected chi connectivity index (χ0v) is 16.2. The first kappa shape index (κ1) is 18.3. The molecule has 2 heterocycles. The van der Waals surface area contributed by atoms with Crippen molar-refractivity contribution in [1.82, 2.24) is 9.80 Å². The Labute approximate surface area is 161 Å². The van der Waals surface area contributed by atoms with Crippen LogP contribution in [0.5, 0.6) is 0 Å². The van der Waals surface area contributed by atoms with Gasteiger partial charge < -0.3 is 14.5 Å². The van der Waals surface area contributed by atoms with E-state index < -0.39 is 0 Å². The zero-order valence-electron chi connectivity index (χ0n) is 16.2. The van der Waals surface area contributed by atoms with Crippen LogP contribution in [0.15, 0.2) is 30.3 Å². The number of amides is 2. The van der Waals surface area contributed by atoms with Gasteiger partial charge in [0.1, 0.15) is 0 Å². The van der Waals surface area contributed by atoms with Crippen LogP contribution in [-0.4, -0.2) is 54.1 Å². The van der Waals surface area contributed by atoms with Crippen molar-refractivity contribution < 1.29 is 14.3 Å². The fraction of sp³-hybridized carbons (Fsp3) is 0.636. The topological polar surface area (TPSA) is 49.9 Å². The minimum Gasteiger partial charge on any atom is -0.449 e. The summed E-state index contributed by atoms with van der Waals surface area (Å²) in [5.41, 5.74) is 1.26. The Hall–Kier alpha value is -2.04. The number of piperidine rings is 2. The summed E-state index contributed by atoms with van der Waals surface area (Å²) in [4.78, 5) is 29.4. The molecule has 4 rings (SSSR count). The normalized spacial score (nSPS) is 24.9. The minimum absolute atomic E-state index is 0.0425. The first-order chi connectivity index (χ1) is 13.1. The van der Waals surface area contributed by atoms with Gasteiger partial charge >= 0.3 is 6.09 Å². The molecule has 2 aliphatic heterocycles. The maximum atomic E-state index is 13.2. The molecule has 0 unspecified atom stereocenters. The molecule has 2 amide bonds. The summed E-state index contributed by atoms with van der Waals surface area (Å²) in [6, 6.07) is 10.7. The molecule has 5 heteroatoms. The second-order valence-electron chi connectivity index (χ2n) is 8.47. The standard InChI is InChI=1S/C22H30N2O3/c1-2-14-27-21(26)23-12-10-22(11-13-23)15-19(17-6-4-3-5-7-17)20(25)24(16-22)18-8-9-18/h3-7,18-19H,2,8-16H2,1H3/t19-/m0/s1. The average molecular weight is 370 g/mol. The van der Waals surface area contributed by atoms with Gasteiger partial charge in [0.25, 0.3) is 0 Å². The second kappa shape index (κ2) is 7.53. The average Bonchev–Trinajstić information content (AvgIpc) is 3.54. The van der Waals surface area contributed by atoms with Crippen molar-refractivity contribution in [2.45, 2.75) is 57.4 Å². The Balaban J connectivity index is 1.49. The third kappa shape index (κ3) is 3.83. The van der Waals surface area contributed by atoms with E-state index in [1.807, 2.05) is 30.0 Å². The number of ether oxygens (including phenoxy) is 1. The van der Waals surface area contributed by atoms with E-state index in [0.29, 0.717) is 18.6 Å². The predicted octanol–water partition coefficient (Wildman–Crippen LogP) is 3.79. The van der Waals surface area contributed by atoms with Crippen molar-refractivity contribution in [3.63, 3.8) is 0 Å². The van der Waals surface area contributed by atoms with Crippen molar-refractivity contribution in [3.05, 3.63) is 35.9 Å². The number of rotatable bonds is 4. The van der Waals surface area contributed by atoms with E-state index in [9.17, 15) is 9.59 Å². The third-order valence-corrected chi connectivity index (χ3v) is 6.43. The van der Waals surface area contributed by atoms with E-state index in [1.165, 1.54) is 0 Å². The first-order valence-electron chi connectivity index (χ1n) is 10.4. The summed E-state index contributed by atoms with van der Waals surface area (Å²) in [6.45, 7) is 4.82. The van der Waals surface area contributed by atoms with Crippen LogP contribution < -0.4 is 0 Å². The highest BCUT2D eigenvalue weighted by Crippen LogP contribution is 2.48. The minimum atomic E-state index is -0.183. The number of carbonyl (C=O) groups is 2. The lowest BCUT2D eigenvalue weighted by Gasteiger charge is -2.50. The molecule has 146 valence electrons. The van der Waals surface area contributed by atoms with Crippen LogP contribution in [0, 0.1) is 5.41 Å². The molecule has 0 N–H and O–H groups in total. The van der Waals surface area contributed by atoms with E-state index in [4.69, 9.17) is 4.74 Å². The van der Waals surface area contributed by atoms with E-state index in [0.717, 1.165) is 63.7 Å². The third-order valence-electron chi connectivity index (χ3n) is 6.43. The Kier molecular flexibility index (Phi) is 5.11. The maximum Gasteiger partial charge on any atom is 0.409 e. The maximum absolute atomic E-state index is 13.2. The van der Waals surface area contributed by atoms with Crippen molar-refractivity contribution >= 4 is 12.0 Å². The van der Waals surface area contributed by atoms with Crippen LogP contribution in [0.4, 0.5) is 4.79 Å². The van der Waals surface area contributed by atoms with Crippen LogP contribution in [0.1, 0.15) is 56.9 Å². The lowest BCUT2D eigenvalue weighted by atomic mass is 9.67. The summed E-state index contributed by atoms with van der Waals surface area (Å²) in [5.74, 6) is 0.262. The van der Waals surface area contributed by atoms with E-state index >= 15 is 0 Å². The van der Waals surface area contributed by atoms with E-state index in [-0.39, 0.29) is 17.4 Å². The molecule has 0 radical (unpaired) electrons. The highest BCUT2D eigenvalue weighted by molar-refractivity contribution is 5.85. The Morgan fingerprint density at radius 3 is 2.52 bits per heavy atom. The summed E-state index contributed by atoms with van der Waals surface area (Å²) in [6.07, 6.45) is 5.74. The molecule has 3 fully saturated rings. The molecular formula is C22H30N2O3. The van der Waals surface area contributed by atoms with Crippen molar-refractivity contribution in [3.8, 4) is 0 Å². The van der Waals surface area contributed by atoms with Crippen molar-refractivity contribution in [2.75, 3.05) is 26.2 Å². The smallest absolute Gasteiger partial charge is 0.409 e. The molecule has 5 nitrogen and oxygen atoms in total. The Bertz CT molecular complexity index is 678. The Morgan fingerprint density at radius 1 is 1.19 bits per heavy atom. The highest BCUT2D eigenvalue weighted by Gasteiger charge is 2.49. The van der Waals surface area contributed by atoms with Gasteiger partial charge in [0.2, 0.25) is 5.91 Å².